The lowest BCUT2D eigenvalue weighted by Crippen LogP contribution is -2.30. The van der Waals surface area contributed by atoms with Gasteiger partial charge < -0.3 is 15.4 Å². The molecule has 0 bridgehead atoms. The average Bonchev–Trinajstić information content (AvgIpc) is 3.12. The number of halogens is 2. The second kappa shape index (κ2) is 10.9. The first-order chi connectivity index (χ1) is 17.7. The van der Waals surface area contributed by atoms with Crippen LogP contribution in [0.25, 0.3) is 6.08 Å². The van der Waals surface area contributed by atoms with E-state index in [1.807, 2.05) is 0 Å². The van der Waals surface area contributed by atoms with Crippen LogP contribution in [0.1, 0.15) is 11.1 Å². The van der Waals surface area contributed by atoms with Gasteiger partial charge in [0.05, 0.1) is 22.2 Å². The number of non-ortho nitro benzene ring substituents is 1. The van der Waals surface area contributed by atoms with Crippen molar-refractivity contribution in [1.82, 2.24) is 10.2 Å². The largest absolute Gasteiger partial charge is 0.482 e. The van der Waals surface area contributed by atoms with Gasteiger partial charge in [0.15, 0.2) is 6.61 Å². The molecule has 0 atom stereocenters. The number of anilines is 1. The fourth-order valence-corrected chi connectivity index (χ4v) is 3.65. The summed E-state index contributed by atoms with van der Waals surface area (Å²) in [6, 6.07) is 15.1. The van der Waals surface area contributed by atoms with Gasteiger partial charge in [-0.15, -0.1) is 0 Å². The van der Waals surface area contributed by atoms with E-state index >= 15 is 0 Å². The molecule has 1 aliphatic heterocycles. The van der Waals surface area contributed by atoms with Gasteiger partial charge in [0.2, 0.25) is 0 Å². The maximum absolute atomic E-state index is 13.7. The Hall–Kier alpha value is -4.77. The highest BCUT2D eigenvalue weighted by Crippen LogP contribution is 2.27. The number of nitrogens with one attached hydrogen (secondary N) is 2. The fraction of sp³-hybridized carbons (Fsp3) is 0.0800. The molecular formula is C25H18ClFN4O6. The van der Waals surface area contributed by atoms with Crippen molar-refractivity contribution in [2.45, 2.75) is 6.54 Å². The maximum atomic E-state index is 13.7. The number of ether oxygens (including phenoxy) is 1. The van der Waals surface area contributed by atoms with Crippen LogP contribution in [-0.2, 0) is 16.1 Å². The Labute approximate surface area is 214 Å². The topological polar surface area (TPSA) is 131 Å². The molecule has 37 heavy (non-hydrogen) atoms. The summed E-state index contributed by atoms with van der Waals surface area (Å²) in [4.78, 5) is 48.3. The number of amides is 4. The molecule has 4 amide bonds. The first-order valence-electron chi connectivity index (χ1n) is 10.8. The van der Waals surface area contributed by atoms with Crippen molar-refractivity contribution in [3.63, 3.8) is 0 Å². The Morgan fingerprint density at radius 1 is 1.14 bits per heavy atom. The minimum absolute atomic E-state index is 0.0147. The highest BCUT2D eigenvalue weighted by atomic mass is 35.5. The van der Waals surface area contributed by atoms with E-state index in [1.54, 1.807) is 12.1 Å². The predicted octanol–water partition coefficient (Wildman–Crippen LogP) is 4.50. The molecule has 3 aromatic carbocycles. The van der Waals surface area contributed by atoms with Gasteiger partial charge in [-0.2, -0.15) is 0 Å². The number of benzene rings is 3. The van der Waals surface area contributed by atoms with Gasteiger partial charge in [-0.05, 0) is 41.5 Å². The van der Waals surface area contributed by atoms with Crippen molar-refractivity contribution in [3.05, 3.63) is 105 Å². The molecular weight excluding hydrogens is 507 g/mol. The Balaban J connectivity index is 1.38. The molecule has 0 aromatic heterocycles. The van der Waals surface area contributed by atoms with E-state index < -0.39 is 35.2 Å². The Bertz CT molecular complexity index is 1430. The molecule has 1 fully saturated rings. The number of hydrogen-bond donors (Lipinski definition) is 2. The quantitative estimate of drug-likeness (QED) is 0.193. The Morgan fingerprint density at radius 2 is 1.86 bits per heavy atom. The lowest BCUT2D eigenvalue weighted by molar-refractivity contribution is -0.384. The molecule has 4 rings (SSSR count). The molecule has 10 nitrogen and oxygen atoms in total. The number of hydrogen-bond acceptors (Lipinski definition) is 6. The van der Waals surface area contributed by atoms with Crippen LogP contribution in [0.15, 0.2) is 72.4 Å². The van der Waals surface area contributed by atoms with E-state index in [4.69, 9.17) is 16.3 Å². The predicted molar refractivity (Wildman–Crippen MR) is 132 cm³/mol. The van der Waals surface area contributed by atoms with E-state index in [1.165, 1.54) is 60.7 Å². The minimum Gasteiger partial charge on any atom is -0.482 e. The zero-order chi connectivity index (χ0) is 26.5. The molecule has 2 N–H and O–H groups in total. The van der Waals surface area contributed by atoms with Gasteiger partial charge in [-0.3, -0.25) is 24.6 Å². The first-order valence-corrected chi connectivity index (χ1v) is 11.1. The van der Waals surface area contributed by atoms with Crippen LogP contribution in [0.3, 0.4) is 0 Å². The highest BCUT2D eigenvalue weighted by molar-refractivity contribution is 6.32. The molecule has 1 aliphatic rings. The van der Waals surface area contributed by atoms with Crippen molar-refractivity contribution in [2.75, 3.05) is 11.9 Å². The van der Waals surface area contributed by atoms with Gasteiger partial charge in [0.25, 0.3) is 17.5 Å². The molecule has 0 saturated carbocycles. The summed E-state index contributed by atoms with van der Waals surface area (Å²) in [5.74, 6) is -1.55. The molecule has 0 unspecified atom stereocenters. The van der Waals surface area contributed by atoms with Gasteiger partial charge in [-0.25, -0.2) is 9.18 Å². The molecule has 0 spiro atoms. The summed E-state index contributed by atoms with van der Waals surface area (Å²) in [7, 11) is 0. The number of rotatable bonds is 8. The Kier molecular flexibility index (Phi) is 7.44. The van der Waals surface area contributed by atoms with Crippen molar-refractivity contribution >= 4 is 46.9 Å². The average molecular weight is 525 g/mol. The van der Waals surface area contributed by atoms with Crippen molar-refractivity contribution in [2.24, 2.45) is 0 Å². The van der Waals surface area contributed by atoms with E-state index in [9.17, 15) is 28.9 Å². The fourth-order valence-electron chi connectivity index (χ4n) is 3.40. The van der Waals surface area contributed by atoms with Crippen LogP contribution in [0.4, 0.5) is 20.6 Å². The second-order valence-corrected chi connectivity index (χ2v) is 8.22. The summed E-state index contributed by atoms with van der Waals surface area (Å²) in [6.45, 7) is -0.483. The molecule has 0 aliphatic carbocycles. The number of urea groups is 1. The summed E-state index contributed by atoms with van der Waals surface area (Å²) >= 11 is 6.24. The molecule has 188 valence electrons. The number of nitro benzene ring substituents is 1. The SMILES string of the molecule is O=C(COc1ccc(/C=C2\NC(=O)N(Cc3ccc([N+](=O)[O-])cc3)C2=O)cc1Cl)Nc1ccccc1F. The van der Waals surface area contributed by atoms with Crippen LogP contribution in [0.5, 0.6) is 5.75 Å². The van der Waals surface area contributed by atoms with Crippen LogP contribution in [0.2, 0.25) is 5.02 Å². The Morgan fingerprint density at radius 3 is 2.54 bits per heavy atom. The van der Waals surface area contributed by atoms with E-state index in [0.29, 0.717) is 11.1 Å². The van der Waals surface area contributed by atoms with Gasteiger partial charge in [-0.1, -0.05) is 41.9 Å². The zero-order valence-corrected chi connectivity index (χ0v) is 19.7. The molecule has 0 radical (unpaired) electrons. The van der Waals surface area contributed by atoms with Crippen molar-refractivity contribution in [1.29, 1.82) is 0 Å². The lowest BCUT2D eigenvalue weighted by Gasteiger charge is -2.11. The summed E-state index contributed by atoms with van der Waals surface area (Å²) < 4.78 is 19.1. The monoisotopic (exact) mass is 524 g/mol. The van der Waals surface area contributed by atoms with Crippen LogP contribution in [0, 0.1) is 15.9 Å². The minimum atomic E-state index is -0.637. The van der Waals surface area contributed by atoms with Crippen molar-refractivity contribution < 1.29 is 28.4 Å². The smallest absolute Gasteiger partial charge is 0.329 e. The summed E-state index contributed by atoms with van der Waals surface area (Å²) in [5.41, 5.74) is 0.959. The number of carbonyl (C=O) groups excluding carboxylic acids is 3. The highest BCUT2D eigenvalue weighted by Gasteiger charge is 2.33. The third kappa shape index (κ3) is 6.08. The summed E-state index contributed by atoms with van der Waals surface area (Å²) in [5, 5.41) is 15.8. The zero-order valence-electron chi connectivity index (χ0n) is 18.9. The summed E-state index contributed by atoms with van der Waals surface area (Å²) in [6.07, 6.45) is 1.43. The number of nitrogens with zero attached hydrogens (tertiary/aromatic N) is 2. The number of nitro groups is 1. The molecule has 12 heteroatoms. The second-order valence-electron chi connectivity index (χ2n) is 7.81. The van der Waals surface area contributed by atoms with E-state index in [2.05, 4.69) is 10.6 Å². The maximum Gasteiger partial charge on any atom is 0.329 e. The molecule has 1 saturated heterocycles. The van der Waals surface area contributed by atoms with E-state index in [-0.39, 0.29) is 34.4 Å². The van der Waals surface area contributed by atoms with Gasteiger partial charge in [0.1, 0.15) is 17.3 Å². The molecule has 3 aromatic rings. The normalized spacial score (nSPS) is 14.0. The van der Waals surface area contributed by atoms with E-state index in [0.717, 1.165) is 4.90 Å². The standard InChI is InChI=1S/C25H18ClFN4O6/c26-18-11-16(7-10-22(18)37-14-23(32)28-20-4-2-1-3-19(20)27)12-21-24(33)30(25(34)29-21)13-15-5-8-17(9-6-15)31(35)36/h1-12H,13-14H2,(H,28,32)(H,29,34)/b21-12-. The third-order valence-corrected chi connectivity index (χ3v) is 5.52. The van der Waals surface area contributed by atoms with Gasteiger partial charge in [0, 0.05) is 12.1 Å². The van der Waals surface area contributed by atoms with Crippen LogP contribution < -0.4 is 15.4 Å². The van der Waals surface area contributed by atoms with Crippen LogP contribution in [-0.4, -0.2) is 34.3 Å². The number of para-hydroxylation sites is 1. The van der Waals surface area contributed by atoms with Crippen LogP contribution >= 0.6 is 11.6 Å². The number of imide groups is 1. The third-order valence-electron chi connectivity index (χ3n) is 5.22. The number of carbonyl (C=O) groups is 3. The lowest BCUT2D eigenvalue weighted by atomic mass is 10.1. The van der Waals surface area contributed by atoms with Crippen molar-refractivity contribution in [3.8, 4) is 5.75 Å². The molecule has 1 heterocycles. The first kappa shape index (κ1) is 25.3. The van der Waals surface area contributed by atoms with Gasteiger partial charge >= 0.3 is 6.03 Å².